The van der Waals surface area contributed by atoms with Crippen LogP contribution in [0.4, 0.5) is 0 Å². The van der Waals surface area contributed by atoms with E-state index in [0.29, 0.717) is 12.5 Å². The number of aromatic nitrogens is 3. The van der Waals surface area contributed by atoms with Crippen LogP contribution >= 0.6 is 11.8 Å². The number of hydrogen-bond acceptors (Lipinski definition) is 6. The first-order valence-corrected chi connectivity index (χ1v) is 7.01. The number of pyridine rings is 1. The summed E-state index contributed by atoms with van der Waals surface area (Å²) in [5, 5.41) is 4.95. The number of hydrogen-bond donors (Lipinski definition) is 0. The van der Waals surface area contributed by atoms with Crippen molar-refractivity contribution < 1.29 is 9.26 Å². The smallest absolute Gasteiger partial charge is 0.260 e. The first kappa shape index (κ1) is 11.7. The van der Waals surface area contributed by atoms with Crippen LogP contribution in [-0.2, 0) is 4.74 Å². The molecule has 18 heavy (non-hydrogen) atoms. The third kappa shape index (κ3) is 2.13. The molecule has 0 aliphatic carbocycles. The van der Waals surface area contributed by atoms with Crippen LogP contribution in [0.25, 0.3) is 11.5 Å². The SMILES string of the molecule is CSc1ncccc1-c1nc(C2CCOC2)no1. The van der Waals surface area contributed by atoms with Crippen molar-refractivity contribution >= 4 is 11.8 Å². The first-order chi connectivity index (χ1) is 8.88. The molecule has 6 heteroatoms. The number of thioether (sulfide) groups is 1. The maximum atomic E-state index is 5.34. The molecular weight excluding hydrogens is 250 g/mol. The number of ether oxygens (including phenoxy) is 1. The molecule has 1 aliphatic rings. The lowest BCUT2D eigenvalue weighted by Crippen LogP contribution is -1.99. The fourth-order valence-corrected chi connectivity index (χ4v) is 2.51. The van der Waals surface area contributed by atoms with Crippen LogP contribution in [0.15, 0.2) is 27.9 Å². The van der Waals surface area contributed by atoms with Gasteiger partial charge < -0.3 is 9.26 Å². The van der Waals surface area contributed by atoms with E-state index >= 15 is 0 Å². The molecule has 2 aromatic rings. The van der Waals surface area contributed by atoms with Gasteiger partial charge in [0, 0.05) is 18.7 Å². The van der Waals surface area contributed by atoms with E-state index < -0.39 is 0 Å². The summed E-state index contributed by atoms with van der Waals surface area (Å²) < 4.78 is 10.7. The lowest BCUT2D eigenvalue weighted by molar-refractivity contribution is 0.192. The van der Waals surface area contributed by atoms with Gasteiger partial charge in [-0.2, -0.15) is 4.98 Å². The molecule has 5 nitrogen and oxygen atoms in total. The van der Waals surface area contributed by atoms with Crippen molar-refractivity contribution in [2.45, 2.75) is 17.4 Å². The third-order valence-electron chi connectivity index (χ3n) is 2.93. The van der Waals surface area contributed by atoms with E-state index in [0.717, 1.165) is 29.4 Å². The maximum Gasteiger partial charge on any atom is 0.260 e. The molecule has 0 bridgehead atoms. The zero-order chi connectivity index (χ0) is 12.4. The van der Waals surface area contributed by atoms with Gasteiger partial charge in [0.15, 0.2) is 5.82 Å². The largest absolute Gasteiger partial charge is 0.381 e. The van der Waals surface area contributed by atoms with E-state index in [-0.39, 0.29) is 5.92 Å². The summed E-state index contributed by atoms with van der Waals surface area (Å²) in [5.74, 6) is 1.53. The molecule has 1 aliphatic heterocycles. The molecule has 0 spiro atoms. The van der Waals surface area contributed by atoms with Gasteiger partial charge in [-0.15, -0.1) is 11.8 Å². The molecule has 0 saturated carbocycles. The first-order valence-electron chi connectivity index (χ1n) is 5.79. The van der Waals surface area contributed by atoms with Crippen LogP contribution in [0, 0.1) is 0 Å². The number of rotatable bonds is 3. The van der Waals surface area contributed by atoms with Gasteiger partial charge in [0.1, 0.15) is 5.03 Å². The minimum Gasteiger partial charge on any atom is -0.381 e. The lowest BCUT2D eigenvalue weighted by atomic mass is 10.1. The summed E-state index contributed by atoms with van der Waals surface area (Å²) in [5.41, 5.74) is 0.891. The molecule has 0 aromatic carbocycles. The van der Waals surface area contributed by atoms with Crippen LogP contribution in [0.3, 0.4) is 0 Å². The Morgan fingerprint density at radius 3 is 3.17 bits per heavy atom. The average molecular weight is 263 g/mol. The Kier molecular flexibility index (Phi) is 3.29. The summed E-state index contributed by atoms with van der Waals surface area (Å²) in [7, 11) is 0. The van der Waals surface area contributed by atoms with Crippen LogP contribution < -0.4 is 0 Å². The van der Waals surface area contributed by atoms with Crippen LogP contribution in [0.1, 0.15) is 18.2 Å². The second-order valence-electron chi connectivity index (χ2n) is 4.08. The van der Waals surface area contributed by atoms with E-state index in [9.17, 15) is 0 Å². The van der Waals surface area contributed by atoms with E-state index in [4.69, 9.17) is 9.26 Å². The molecular formula is C12H13N3O2S. The summed E-state index contributed by atoms with van der Waals surface area (Å²) in [6.07, 6.45) is 4.70. The van der Waals surface area contributed by atoms with Crippen molar-refractivity contribution in [1.29, 1.82) is 0 Å². The van der Waals surface area contributed by atoms with Gasteiger partial charge in [-0.1, -0.05) is 5.16 Å². The van der Waals surface area contributed by atoms with E-state index in [1.807, 2.05) is 18.4 Å². The van der Waals surface area contributed by atoms with E-state index in [2.05, 4.69) is 15.1 Å². The van der Waals surface area contributed by atoms with Crippen LogP contribution in [0.2, 0.25) is 0 Å². The van der Waals surface area contributed by atoms with Gasteiger partial charge in [-0.25, -0.2) is 4.98 Å². The van der Waals surface area contributed by atoms with Crippen molar-refractivity contribution in [1.82, 2.24) is 15.1 Å². The average Bonchev–Trinajstić information content (AvgIpc) is 3.09. The normalized spacial score (nSPS) is 19.3. The molecule has 1 saturated heterocycles. The van der Waals surface area contributed by atoms with Crippen molar-refractivity contribution in [3.05, 3.63) is 24.2 Å². The second kappa shape index (κ2) is 5.07. The fourth-order valence-electron chi connectivity index (χ4n) is 1.96. The highest BCUT2D eigenvalue weighted by molar-refractivity contribution is 7.98. The quantitative estimate of drug-likeness (QED) is 0.792. The lowest BCUT2D eigenvalue weighted by Gasteiger charge is -2.00. The van der Waals surface area contributed by atoms with Crippen LogP contribution in [0.5, 0.6) is 0 Å². The van der Waals surface area contributed by atoms with E-state index in [1.165, 1.54) is 0 Å². The van der Waals surface area contributed by atoms with Gasteiger partial charge in [0.2, 0.25) is 0 Å². The highest BCUT2D eigenvalue weighted by Gasteiger charge is 2.24. The monoisotopic (exact) mass is 263 g/mol. The van der Waals surface area contributed by atoms with Gasteiger partial charge in [0.25, 0.3) is 5.89 Å². The molecule has 3 rings (SSSR count). The Morgan fingerprint density at radius 1 is 1.44 bits per heavy atom. The zero-order valence-electron chi connectivity index (χ0n) is 10.00. The van der Waals surface area contributed by atoms with Crippen molar-refractivity contribution in [2.24, 2.45) is 0 Å². The Balaban J connectivity index is 1.92. The van der Waals surface area contributed by atoms with Crippen molar-refractivity contribution in [3.63, 3.8) is 0 Å². The van der Waals surface area contributed by atoms with E-state index in [1.54, 1.807) is 18.0 Å². The summed E-state index contributed by atoms with van der Waals surface area (Å²) >= 11 is 1.57. The Morgan fingerprint density at radius 2 is 2.39 bits per heavy atom. The summed E-state index contributed by atoms with van der Waals surface area (Å²) in [6.45, 7) is 1.46. The van der Waals surface area contributed by atoms with Gasteiger partial charge in [-0.3, -0.25) is 0 Å². The molecule has 94 valence electrons. The summed E-state index contributed by atoms with van der Waals surface area (Å²) in [4.78, 5) is 8.75. The Labute approximate surface area is 109 Å². The maximum absolute atomic E-state index is 5.34. The molecule has 1 atom stereocenters. The molecule has 1 fully saturated rings. The Bertz CT molecular complexity index is 538. The van der Waals surface area contributed by atoms with Crippen LogP contribution in [-0.4, -0.2) is 34.6 Å². The Hall–Kier alpha value is -1.40. The molecule has 1 unspecified atom stereocenters. The van der Waals surface area contributed by atoms with Crippen molar-refractivity contribution in [3.8, 4) is 11.5 Å². The third-order valence-corrected chi connectivity index (χ3v) is 3.64. The predicted octanol–water partition coefficient (Wildman–Crippen LogP) is 2.36. The topological polar surface area (TPSA) is 61.0 Å². The molecule has 0 radical (unpaired) electrons. The van der Waals surface area contributed by atoms with Gasteiger partial charge in [0.05, 0.1) is 12.2 Å². The summed E-state index contributed by atoms with van der Waals surface area (Å²) in [6, 6.07) is 3.82. The molecule has 0 N–H and O–H groups in total. The molecule has 0 amide bonds. The van der Waals surface area contributed by atoms with Gasteiger partial charge in [-0.05, 0) is 24.8 Å². The zero-order valence-corrected chi connectivity index (χ0v) is 10.8. The minimum absolute atomic E-state index is 0.261. The number of nitrogens with zero attached hydrogens (tertiary/aromatic N) is 3. The molecule has 3 heterocycles. The van der Waals surface area contributed by atoms with Gasteiger partial charge >= 0.3 is 0 Å². The minimum atomic E-state index is 0.261. The second-order valence-corrected chi connectivity index (χ2v) is 4.87. The predicted molar refractivity (Wildman–Crippen MR) is 67.5 cm³/mol. The van der Waals surface area contributed by atoms with Crippen molar-refractivity contribution in [2.75, 3.05) is 19.5 Å². The highest BCUT2D eigenvalue weighted by atomic mass is 32.2. The standard InChI is InChI=1S/C12H13N3O2S/c1-18-12-9(3-2-5-13-12)11-14-10(15-17-11)8-4-6-16-7-8/h2-3,5,8H,4,6-7H2,1H3. The fraction of sp³-hybridized carbons (Fsp3) is 0.417. The highest BCUT2D eigenvalue weighted by Crippen LogP contribution is 2.29. The molecule has 2 aromatic heterocycles.